The molecule has 0 aromatic carbocycles. The van der Waals surface area contributed by atoms with Crippen LogP contribution in [0.3, 0.4) is 0 Å². The minimum absolute atomic E-state index is 0.000201. The number of hydrogen-bond acceptors (Lipinski definition) is 2. The van der Waals surface area contributed by atoms with E-state index >= 15 is 0 Å². The molecule has 0 aromatic heterocycles. The topological polar surface area (TPSA) is 38.3 Å². The molecule has 0 radical (unpaired) electrons. The predicted molar refractivity (Wildman–Crippen MR) is 56.0 cm³/mol. The van der Waals surface area contributed by atoms with Gasteiger partial charge in [-0.25, -0.2) is 0 Å². The molecule has 1 rings (SSSR count). The average Bonchev–Trinajstić information content (AvgIpc) is 2.17. The minimum Gasteiger partial charge on any atom is -0.381 e. The van der Waals surface area contributed by atoms with Crippen molar-refractivity contribution >= 4 is 5.91 Å². The van der Waals surface area contributed by atoms with Crippen molar-refractivity contribution in [2.45, 2.75) is 26.7 Å². The van der Waals surface area contributed by atoms with Crippen molar-refractivity contribution in [2.75, 3.05) is 19.8 Å². The number of ether oxygens (including phenoxy) is 1. The number of amides is 1. The Hall–Kier alpha value is -0.830. The summed E-state index contributed by atoms with van der Waals surface area (Å²) in [5.41, 5.74) is 0.218. The van der Waals surface area contributed by atoms with E-state index < -0.39 is 0 Å². The lowest BCUT2D eigenvalue weighted by atomic mass is 9.82. The molecule has 3 nitrogen and oxygen atoms in total. The molecule has 0 aromatic rings. The van der Waals surface area contributed by atoms with Gasteiger partial charge in [0.1, 0.15) is 0 Å². The Morgan fingerprint density at radius 3 is 2.71 bits per heavy atom. The second-order valence-electron chi connectivity index (χ2n) is 4.14. The van der Waals surface area contributed by atoms with Gasteiger partial charge in [-0.2, -0.15) is 0 Å². The zero-order valence-corrected chi connectivity index (χ0v) is 9.01. The van der Waals surface area contributed by atoms with Crippen LogP contribution >= 0.6 is 0 Å². The lowest BCUT2D eigenvalue weighted by Gasteiger charge is -2.33. The predicted octanol–water partition coefficient (Wildman–Crippen LogP) is 1.50. The molecule has 0 atom stereocenters. The highest BCUT2D eigenvalue weighted by molar-refractivity contribution is 5.87. The summed E-state index contributed by atoms with van der Waals surface area (Å²) in [5, 5.41) is 2.91. The van der Waals surface area contributed by atoms with Gasteiger partial charge in [-0.15, -0.1) is 0 Å². The second kappa shape index (κ2) is 5.15. The molecule has 3 heteroatoms. The largest absolute Gasteiger partial charge is 0.381 e. The molecule has 0 unspecified atom stereocenters. The van der Waals surface area contributed by atoms with E-state index in [9.17, 15) is 4.79 Å². The molecule has 1 saturated heterocycles. The fourth-order valence-electron chi connectivity index (χ4n) is 1.55. The van der Waals surface area contributed by atoms with Crippen molar-refractivity contribution in [2.24, 2.45) is 5.41 Å². The van der Waals surface area contributed by atoms with Crippen LogP contribution in [0.2, 0.25) is 0 Å². The molecular formula is C11H19NO2. The van der Waals surface area contributed by atoms with Gasteiger partial charge in [0.05, 0.1) is 0 Å². The lowest BCUT2D eigenvalue weighted by molar-refractivity contribution is -0.117. The summed E-state index contributed by atoms with van der Waals surface area (Å²) >= 11 is 0. The highest BCUT2D eigenvalue weighted by Gasteiger charge is 2.27. The molecule has 0 aliphatic carbocycles. The maximum atomic E-state index is 11.2. The van der Waals surface area contributed by atoms with E-state index in [4.69, 9.17) is 4.74 Å². The molecule has 14 heavy (non-hydrogen) atoms. The van der Waals surface area contributed by atoms with E-state index in [-0.39, 0.29) is 11.3 Å². The van der Waals surface area contributed by atoms with Gasteiger partial charge in [-0.1, -0.05) is 13.0 Å². The van der Waals surface area contributed by atoms with Gasteiger partial charge in [0.25, 0.3) is 0 Å². The van der Waals surface area contributed by atoms with Crippen LogP contribution in [-0.4, -0.2) is 25.7 Å². The normalized spacial score (nSPS) is 21.0. The smallest absolute Gasteiger partial charge is 0.243 e. The Morgan fingerprint density at radius 2 is 2.14 bits per heavy atom. The molecule has 1 fully saturated rings. The average molecular weight is 197 g/mol. The maximum absolute atomic E-state index is 11.2. The van der Waals surface area contributed by atoms with Crippen molar-refractivity contribution in [1.82, 2.24) is 5.32 Å². The standard InChI is InChI=1S/C11H19NO2/c1-3-4-10(13)12-9-11(2)5-7-14-8-6-11/h3-4H,5-9H2,1-2H3,(H,12,13)/b4-3+. The number of carbonyl (C=O) groups is 1. The molecule has 0 saturated carbocycles. The number of carbonyl (C=O) groups excluding carboxylic acids is 1. The third-order valence-electron chi connectivity index (χ3n) is 2.71. The van der Waals surface area contributed by atoms with Gasteiger partial charge in [0.15, 0.2) is 0 Å². The third kappa shape index (κ3) is 3.50. The fourth-order valence-corrected chi connectivity index (χ4v) is 1.55. The van der Waals surface area contributed by atoms with Crippen molar-refractivity contribution in [3.05, 3.63) is 12.2 Å². The second-order valence-corrected chi connectivity index (χ2v) is 4.14. The number of hydrogen-bond donors (Lipinski definition) is 1. The van der Waals surface area contributed by atoms with E-state index in [1.165, 1.54) is 0 Å². The number of allylic oxidation sites excluding steroid dienone is 1. The quantitative estimate of drug-likeness (QED) is 0.696. The van der Waals surface area contributed by atoms with Gasteiger partial charge in [-0.3, -0.25) is 4.79 Å². The molecule has 0 bridgehead atoms. The van der Waals surface area contributed by atoms with E-state index in [1.807, 2.05) is 6.92 Å². The highest BCUT2D eigenvalue weighted by Crippen LogP contribution is 2.28. The number of nitrogens with one attached hydrogen (secondary N) is 1. The van der Waals surface area contributed by atoms with E-state index in [2.05, 4.69) is 12.2 Å². The molecule has 0 spiro atoms. The SMILES string of the molecule is C/C=C/C(=O)NCC1(C)CCOCC1. The summed E-state index contributed by atoms with van der Waals surface area (Å²) in [4.78, 5) is 11.2. The van der Waals surface area contributed by atoms with Crippen LogP contribution in [0.15, 0.2) is 12.2 Å². The molecular weight excluding hydrogens is 178 g/mol. The first kappa shape index (κ1) is 11.2. The first-order chi connectivity index (χ1) is 6.66. The summed E-state index contributed by atoms with van der Waals surface area (Å²) in [6, 6.07) is 0. The fraction of sp³-hybridized carbons (Fsp3) is 0.727. The maximum Gasteiger partial charge on any atom is 0.243 e. The monoisotopic (exact) mass is 197 g/mol. The Labute approximate surface area is 85.5 Å². The Bertz CT molecular complexity index is 217. The Kier molecular flexibility index (Phi) is 4.14. The van der Waals surface area contributed by atoms with Gasteiger partial charge < -0.3 is 10.1 Å². The minimum atomic E-state index is 0.000201. The van der Waals surface area contributed by atoms with Gasteiger partial charge in [-0.05, 0) is 31.3 Å². The molecule has 1 amide bonds. The van der Waals surface area contributed by atoms with Crippen molar-refractivity contribution in [3.63, 3.8) is 0 Å². The molecule has 1 heterocycles. The van der Waals surface area contributed by atoms with E-state index in [1.54, 1.807) is 12.2 Å². The Balaban J connectivity index is 2.31. The molecule has 1 aliphatic rings. The van der Waals surface area contributed by atoms with Crippen molar-refractivity contribution in [3.8, 4) is 0 Å². The van der Waals surface area contributed by atoms with E-state index in [0.717, 1.165) is 32.6 Å². The molecule has 1 aliphatic heterocycles. The summed E-state index contributed by atoms with van der Waals surface area (Å²) in [5.74, 6) is 0.000201. The zero-order valence-electron chi connectivity index (χ0n) is 9.01. The summed E-state index contributed by atoms with van der Waals surface area (Å²) in [6.45, 7) is 6.42. The summed E-state index contributed by atoms with van der Waals surface area (Å²) in [7, 11) is 0. The molecule has 1 N–H and O–H groups in total. The van der Waals surface area contributed by atoms with Crippen LogP contribution in [-0.2, 0) is 9.53 Å². The van der Waals surface area contributed by atoms with Crippen LogP contribution in [0.25, 0.3) is 0 Å². The number of rotatable bonds is 3. The third-order valence-corrected chi connectivity index (χ3v) is 2.71. The Morgan fingerprint density at radius 1 is 1.50 bits per heavy atom. The zero-order chi connectivity index (χ0) is 10.4. The van der Waals surface area contributed by atoms with Crippen molar-refractivity contribution in [1.29, 1.82) is 0 Å². The lowest BCUT2D eigenvalue weighted by Crippen LogP contribution is -2.38. The van der Waals surface area contributed by atoms with Crippen LogP contribution in [0.1, 0.15) is 26.7 Å². The van der Waals surface area contributed by atoms with Crippen LogP contribution in [0, 0.1) is 5.41 Å². The first-order valence-corrected chi connectivity index (χ1v) is 5.15. The molecule has 80 valence electrons. The van der Waals surface area contributed by atoms with Crippen LogP contribution in [0.4, 0.5) is 0 Å². The van der Waals surface area contributed by atoms with Gasteiger partial charge in [0, 0.05) is 19.8 Å². The van der Waals surface area contributed by atoms with E-state index in [0.29, 0.717) is 0 Å². The van der Waals surface area contributed by atoms with Gasteiger partial charge >= 0.3 is 0 Å². The van der Waals surface area contributed by atoms with Crippen molar-refractivity contribution < 1.29 is 9.53 Å². The summed E-state index contributed by atoms with van der Waals surface area (Å²) < 4.78 is 5.29. The van der Waals surface area contributed by atoms with Crippen LogP contribution in [0.5, 0.6) is 0 Å². The first-order valence-electron chi connectivity index (χ1n) is 5.15. The summed E-state index contributed by atoms with van der Waals surface area (Å²) in [6.07, 6.45) is 5.37. The highest BCUT2D eigenvalue weighted by atomic mass is 16.5. The van der Waals surface area contributed by atoms with Gasteiger partial charge in [0.2, 0.25) is 5.91 Å². The van der Waals surface area contributed by atoms with Crippen LogP contribution < -0.4 is 5.32 Å².